The molecule has 0 aromatic heterocycles. The zero-order valence-electron chi connectivity index (χ0n) is 14.6. The predicted molar refractivity (Wildman–Crippen MR) is 103 cm³/mol. The molecule has 1 aliphatic heterocycles. The highest BCUT2D eigenvalue weighted by Crippen LogP contribution is 2.22. The van der Waals surface area contributed by atoms with Crippen molar-refractivity contribution >= 4 is 16.8 Å². The largest absolute Gasteiger partial charge is 0.370 e. The summed E-state index contributed by atoms with van der Waals surface area (Å²) in [7, 11) is 0. The molecule has 4 rings (SSSR count). The molecule has 3 aromatic carbocycles. The third kappa shape index (κ3) is 3.55. The van der Waals surface area contributed by atoms with Crippen LogP contribution in [0.15, 0.2) is 72.8 Å². The summed E-state index contributed by atoms with van der Waals surface area (Å²) in [5, 5.41) is 5.43. The van der Waals surface area contributed by atoms with E-state index in [1.165, 1.54) is 10.8 Å². The van der Waals surface area contributed by atoms with Crippen LogP contribution < -0.4 is 5.32 Å². The van der Waals surface area contributed by atoms with E-state index in [1.54, 1.807) is 0 Å². The number of hydrogen-bond acceptors (Lipinski definition) is 2. The van der Waals surface area contributed by atoms with Gasteiger partial charge >= 0.3 is 6.03 Å². The second-order valence-electron chi connectivity index (χ2n) is 6.51. The summed E-state index contributed by atoms with van der Waals surface area (Å²) in [5.74, 6) is 0. The molecule has 132 valence electrons. The molecule has 1 N–H and O–H groups in total. The lowest BCUT2D eigenvalue weighted by molar-refractivity contribution is -0.0154. The molecule has 4 heteroatoms. The molecule has 0 saturated carbocycles. The van der Waals surface area contributed by atoms with Gasteiger partial charge in [0, 0.05) is 13.1 Å². The molecule has 0 aliphatic carbocycles. The fourth-order valence-corrected chi connectivity index (χ4v) is 3.43. The van der Waals surface area contributed by atoms with Crippen molar-refractivity contribution in [2.24, 2.45) is 0 Å². The van der Waals surface area contributed by atoms with Crippen LogP contribution in [0.4, 0.5) is 4.79 Å². The van der Waals surface area contributed by atoms with Crippen molar-refractivity contribution in [3.63, 3.8) is 0 Å². The maximum atomic E-state index is 12.6. The highest BCUT2D eigenvalue weighted by atomic mass is 16.5. The number of urea groups is 1. The SMILES string of the molecule is O=C(NCc1cccc2ccccc12)N1CCOC(c2ccccc2)C1. The van der Waals surface area contributed by atoms with Gasteiger partial charge in [-0.3, -0.25) is 0 Å². The highest BCUT2D eigenvalue weighted by Gasteiger charge is 2.25. The van der Waals surface area contributed by atoms with Crippen molar-refractivity contribution in [1.29, 1.82) is 0 Å². The van der Waals surface area contributed by atoms with Crippen molar-refractivity contribution in [2.45, 2.75) is 12.6 Å². The van der Waals surface area contributed by atoms with Gasteiger partial charge in [-0.2, -0.15) is 0 Å². The average Bonchev–Trinajstić information content (AvgIpc) is 2.72. The molecule has 0 spiro atoms. The molecule has 1 atom stereocenters. The van der Waals surface area contributed by atoms with Crippen LogP contribution in [-0.4, -0.2) is 30.6 Å². The van der Waals surface area contributed by atoms with Crippen LogP contribution in [0.3, 0.4) is 0 Å². The van der Waals surface area contributed by atoms with Crippen molar-refractivity contribution in [3.05, 3.63) is 83.9 Å². The Morgan fingerprint density at radius 3 is 2.65 bits per heavy atom. The van der Waals surface area contributed by atoms with E-state index in [-0.39, 0.29) is 12.1 Å². The minimum absolute atomic E-state index is 0.0397. The van der Waals surface area contributed by atoms with Gasteiger partial charge in [0.25, 0.3) is 0 Å². The third-order valence-corrected chi connectivity index (χ3v) is 4.84. The van der Waals surface area contributed by atoms with Gasteiger partial charge in [0.05, 0.1) is 13.2 Å². The summed E-state index contributed by atoms with van der Waals surface area (Å²) < 4.78 is 5.84. The Balaban J connectivity index is 1.41. The lowest BCUT2D eigenvalue weighted by Crippen LogP contribution is -2.46. The molecule has 26 heavy (non-hydrogen) atoms. The molecule has 3 aromatic rings. The van der Waals surface area contributed by atoms with Gasteiger partial charge in [0.1, 0.15) is 6.10 Å². The predicted octanol–water partition coefficient (Wildman–Crippen LogP) is 4.12. The first-order valence-corrected chi connectivity index (χ1v) is 8.97. The van der Waals surface area contributed by atoms with Gasteiger partial charge in [-0.05, 0) is 21.9 Å². The summed E-state index contributed by atoms with van der Waals surface area (Å²) in [5.41, 5.74) is 2.24. The minimum atomic E-state index is -0.0618. The van der Waals surface area contributed by atoms with Crippen LogP contribution in [0.5, 0.6) is 0 Å². The number of morpholine rings is 1. The first kappa shape index (κ1) is 16.6. The van der Waals surface area contributed by atoms with Gasteiger partial charge in [-0.25, -0.2) is 4.79 Å². The number of benzene rings is 3. The fraction of sp³-hybridized carbons (Fsp3) is 0.227. The maximum Gasteiger partial charge on any atom is 0.317 e. The summed E-state index contributed by atoms with van der Waals surface area (Å²) in [6.45, 7) is 2.27. The highest BCUT2D eigenvalue weighted by molar-refractivity contribution is 5.86. The fourth-order valence-electron chi connectivity index (χ4n) is 3.43. The zero-order chi connectivity index (χ0) is 17.8. The van der Waals surface area contributed by atoms with Crippen LogP contribution in [0.1, 0.15) is 17.2 Å². The van der Waals surface area contributed by atoms with E-state index in [0.717, 1.165) is 11.1 Å². The number of fused-ring (bicyclic) bond motifs is 1. The standard InChI is InChI=1S/C22H22N2O2/c25-22(23-15-19-11-6-10-17-7-4-5-12-20(17)19)24-13-14-26-21(16-24)18-8-2-1-3-9-18/h1-12,21H,13-16H2,(H,23,25). The normalized spacial score (nSPS) is 17.2. The van der Waals surface area contributed by atoms with E-state index >= 15 is 0 Å². The van der Waals surface area contributed by atoms with Crippen molar-refractivity contribution in [1.82, 2.24) is 10.2 Å². The third-order valence-electron chi connectivity index (χ3n) is 4.84. The summed E-state index contributed by atoms with van der Waals surface area (Å²) in [6, 6.07) is 24.5. The topological polar surface area (TPSA) is 41.6 Å². The Labute approximate surface area is 153 Å². The number of nitrogens with one attached hydrogen (secondary N) is 1. The lowest BCUT2D eigenvalue weighted by atomic mass is 10.0. The second-order valence-corrected chi connectivity index (χ2v) is 6.51. The minimum Gasteiger partial charge on any atom is -0.370 e. The summed E-state index contributed by atoms with van der Waals surface area (Å²) in [4.78, 5) is 14.5. The molecule has 0 bridgehead atoms. The van der Waals surface area contributed by atoms with Crippen LogP contribution in [-0.2, 0) is 11.3 Å². The quantitative estimate of drug-likeness (QED) is 0.775. The molecule has 1 unspecified atom stereocenters. The van der Waals surface area contributed by atoms with Crippen molar-refractivity contribution in [2.75, 3.05) is 19.7 Å². The smallest absolute Gasteiger partial charge is 0.317 e. The van der Waals surface area contributed by atoms with E-state index in [4.69, 9.17) is 4.74 Å². The number of rotatable bonds is 3. The molecule has 1 heterocycles. The van der Waals surface area contributed by atoms with Gasteiger partial charge in [-0.1, -0.05) is 72.8 Å². The van der Waals surface area contributed by atoms with Gasteiger partial charge < -0.3 is 15.0 Å². The van der Waals surface area contributed by atoms with E-state index in [9.17, 15) is 4.79 Å². The number of amides is 2. The van der Waals surface area contributed by atoms with Gasteiger partial charge in [0.15, 0.2) is 0 Å². The van der Waals surface area contributed by atoms with Crippen LogP contribution in [0.2, 0.25) is 0 Å². The second kappa shape index (κ2) is 7.58. The van der Waals surface area contributed by atoms with Gasteiger partial charge in [0.2, 0.25) is 0 Å². The average molecular weight is 346 g/mol. The van der Waals surface area contributed by atoms with Crippen molar-refractivity contribution in [3.8, 4) is 0 Å². The van der Waals surface area contributed by atoms with E-state index in [1.807, 2.05) is 53.4 Å². The molecule has 1 fully saturated rings. The Morgan fingerprint density at radius 2 is 1.77 bits per heavy atom. The molecular formula is C22H22N2O2. The molecule has 1 saturated heterocycles. The first-order valence-electron chi connectivity index (χ1n) is 8.97. The number of ether oxygens (including phenoxy) is 1. The van der Waals surface area contributed by atoms with Crippen LogP contribution in [0.25, 0.3) is 10.8 Å². The molecule has 4 nitrogen and oxygen atoms in total. The summed E-state index contributed by atoms with van der Waals surface area (Å²) in [6.07, 6.45) is -0.0618. The first-order chi connectivity index (χ1) is 12.8. The van der Waals surface area contributed by atoms with E-state index in [2.05, 4.69) is 29.6 Å². The number of hydrogen-bond donors (Lipinski definition) is 1. The van der Waals surface area contributed by atoms with Crippen molar-refractivity contribution < 1.29 is 9.53 Å². The molecule has 0 radical (unpaired) electrons. The lowest BCUT2D eigenvalue weighted by Gasteiger charge is -2.33. The van der Waals surface area contributed by atoms with Crippen LogP contribution >= 0.6 is 0 Å². The Kier molecular flexibility index (Phi) is 4.84. The Bertz CT molecular complexity index is 890. The Morgan fingerprint density at radius 1 is 1.00 bits per heavy atom. The van der Waals surface area contributed by atoms with Gasteiger partial charge in [-0.15, -0.1) is 0 Å². The monoisotopic (exact) mass is 346 g/mol. The summed E-state index contributed by atoms with van der Waals surface area (Å²) >= 11 is 0. The Hall–Kier alpha value is -2.85. The molecule has 1 aliphatic rings. The van der Waals surface area contributed by atoms with Crippen LogP contribution in [0, 0.1) is 0 Å². The molecular weight excluding hydrogens is 324 g/mol. The molecule has 2 amide bonds. The zero-order valence-corrected chi connectivity index (χ0v) is 14.6. The number of carbonyl (C=O) groups excluding carboxylic acids is 1. The van der Waals surface area contributed by atoms with E-state index in [0.29, 0.717) is 26.2 Å². The number of nitrogens with zero attached hydrogens (tertiary/aromatic N) is 1. The number of carbonyl (C=O) groups is 1. The van der Waals surface area contributed by atoms with E-state index < -0.39 is 0 Å². The maximum absolute atomic E-state index is 12.6.